The molecule has 3 heteroatoms. The Labute approximate surface area is 94.9 Å². The number of rotatable bonds is 2. The van der Waals surface area contributed by atoms with Gasteiger partial charge in [0.15, 0.2) is 0 Å². The number of benzene rings is 1. The van der Waals surface area contributed by atoms with Crippen LogP contribution in [0.5, 0.6) is 0 Å². The van der Waals surface area contributed by atoms with E-state index in [1.807, 2.05) is 6.07 Å². The first kappa shape index (κ1) is 10.3. The van der Waals surface area contributed by atoms with Crippen LogP contribution in [-0.2, 0) is 0 Å². The lowest BCUT2D eigenvalue weighted by Crippen LogP contribution is -2.33. The van der Waals surface area contributed by atoms with Gasteiger partial charge in [0.1, 0.15) is 6.07 Å². The van der Waals surface area contributed by atoms with Crippen molar-refractivity contribution in [3.05, 3.63) is 28.8 Å². The van der Waals surface area contributed by atoms with E-state index in [0.717, 1.165) is 11.6 Å². The molecule has 1 saturated carbocycles. The maximum absolute atomic E-state index is 8.93. The van der Waals surface area contributed by atoms with E-state index >= 15 is 0 Å². The molecule has 1 aliphatic carbocycles. The SMILES string of the molecule is CC1CC(Nc2cc(Cl)ccc2C#N)C1. The van der Waals surface area contributed by atoms with Crippen molar-refractivity contribution in [1.82, 2.24) is 0 Å². The van der Waals surface area contributed by atoms with Crippen LogP contribution in [0.3, 0.4) is 0 Å². The van der Waals surface area contributed by atoms with Gasteiger partial charge in [0.2, 0.25) is 0 Å². The van der Waals surface area contributed by atoms with E-state index in [9.17, 15) is 0 Å². The van der Waals surface area contributed by atoms with Crippen molar-refractivity contribution in [2.24, 2.45) is 5.92 Å². The summed E-state index contributed by atoms with van der Waals surface area (Å²) in [4.78, 5) is 0. The van der Waals surface area contributed by atoms with Crippen LogP contribution in [0.2, 0.25) is 5.02 Å². The summed E-state index contributed by atoms with van der Waals surface area (Å²) in [6.45, 7) is 2.24. The Morgan fingerprint density at radius 3 is 2.80 bits per heavy atom. The molecule has 0 aromatic heterocycles. The molecule has 1 aromatic rings. The molecule has 0 bridgehead atoms. The van der Waals surface area contributed by atoms with Gasteiger partial charge in [-0.1, -0.05) is 18.5 Å². The third-order valence-corrected chi connectivity index (χ3v) is 3.07. The summed E-state index contributed by atoms with van der Waals surface area (Å²) < 4.78 is 0. The van der Waals surface area contributed by atoms with Gasteiger partial charge in [0, 0.05) is 11.1 Å². The molecule has 0 atom stereocenters. The molecule has 1 aromatic carbocycles. The number of hydrogen-bond donors (Lipinski definition) is 1. The second-order valence-electron chi connectivity index (χ2n) is 4.22. The van der Waals surface area contributed by atoms with Gasteiger partial charge in [-0.25, -0.2) is 0 Å². The zero-order valence-corrected chi connectivity index (χ0v) is 9.38. The largest absolute Gasteiger partial charge is 0.381 e. The molecule has 1 N–H and O–H groups in total. The van der Waals surface area contributed by atoms with E-state index in [0.29, 0.717) is 16.6 Å². The second-order valence-corrected chi connectivity index (χ2v) is 4.66. The van der Waals surface area contributed by atoms with Crippen molar-refractivity contribution >= 4 is 17.3 Å². The molecule has 0 unspecified atom stereocenters. The van der Waals surface area contributed by atoms with E-state index in [1.54, 1.807) is 12.1 Å². The predicted octanol–water partition coefficient (Wildman–Crippen LogP) is 3.42. The Morgan fingerprint density at radius 2 is 2.20 bits per heavy atom. The number of nitrogens with zero attached hydrogens (tertiary/aromatic N) is 1. The van der Waals surface area contributed by atoms with Crippen molar-refractivity contribution in [2.45, 2.75) is 25.8 Å². The Hall–Kier alpha value is -1.20. The molecule has 2 rings (SSSR count). The van der Waals surface area contributed by atoms with Crippen LogP contribution < -0.4 is 5.32 Å². The zero-order chi connectivity index (χ0) is 10.8. The highest BCUT2D eigenvalue weighted by atomic mass is 35.5. The van der Waals surface area contributed by atoms with Crippen LogP contribution in [-0.4, -0.2) is 6.04 Å². The Kier molecular flexibility index (Phi) is 2.83. The van der Waals surface area contributed by atoms with E-state index in [1.165, 1.54) is 12.8 Å². The van der Waals surface area contributed by atoms with Gasteiger partial charge in [-0.2, -0.15) is 5.26 Å². The summed E-state index contributed by atoms with van der Waals surface area (Å²) in [6.07, 6.45) is 2.36. The van der Waals surface area contributed by atoms with Crippen LogP contribution in [0.25, 0.3) is 0 Å². The van der Waals surface area contributed by atoms with Gasteiger partial charge in [-0.3, -0.25) is 0 Å². The highest BCUT2D eigenvalue weighted by molar-refractivity contribution is 6.30. The van der Waals surface area contributed by atoms with Gasteiger partial charge >= 0.3 is 0 Å². The third-order valence-electron chi connectivity index (χ3n) is 2.84. The number of nitrogens with one attached hydrogen (secondary N) is 1. The fraction of sp³-hybridized carbons (Fsp3) is 0.417. The van der Waals surface area contributed by atoms with Gasteiger partial charge in [0.05, 0.1) is 11.3 Å². The summed E-state index contributed by atoms with van der Waals surface area (Å²) in [5, 5.41) is 13.0. The monoisotopic (exact) mass is 220 g/mol. The molecule has 2 nitrogen and oxygen atoms in total. The molecule has 15 heavy (non-hydrogen) atoms. The average molecular weight is 221 g/mol. The molecule has 0 heterocycles. The minimum Gasteiger partial charge on any atom is -0.381 e. The average Bonchev–Trinajstić information content (AvgIpc) is 2.16. The number of halogens is 1. The van der Waals surface area contributed by atoms with Gasteiger partial charge < -0.3 is 5.32 Å². The summed E-state index contributed by atoms with van der Waals surface area (Å²) in [7, 11) is 0. The number of nitriles is 1. The first-order valence-corrected chi connectivity index (χ1v) is 5.53. The van der Waals surface area contributed by atoms with E-state index in [2.05, 4.69) is 18.3 Å². The molecule has 0 radical (unpaired) electrons. The first-order chi connectivity index (χ1) is 7.19. The summed E-state index contributed by atoms with van der Waals surface area (Å²) >= 11 is 5.90. The maximum atomic E-state index is 8.93. The molecule has 0 saturated heterocycles. The zero-order valence-electron chi connectivity index (χ0n) is 8.63. The fourth-order valence-electron chi connectivity index (χ4n) is 1.97. The molecule has 0 aliphatic heterocycles. The van der Waals surface area contributed by atoms with Crippen molar-refractivity contribution < 1.29 is 0 Å². The highest BCUT2D eigenvalue weighted by Gasteiger charge is 2.25. The summed E-state index contributed by atoms with van der Waals surface area (Å²) in [5.74, 6) is 0.798. The quantitative estimate of drug-likeness (QED) is 0.829. The molecule has 78 valence electrons. The molecular formula is C12H13ClN2. The molecule has 0 spiro atoms. The lowest BCUT2D eigenvalue weighted by atomic mass is 9.81. The maximum Gasteiger partial charge on any atom is 0.101 e. The highest BCUT2D eigenvalue weighted by Crippen LogP contribution is 2.31. The normalized spacial score (nSPS) is 24.1. The smallest absolute Gasteiger partial charge is 0.101 e. The lowest BCUT2D eigenvalue weighted by molar-refractivity contribution is 0.309. The van der Waals surface area contributed by atoms with Crippen molar-refractivity contribution in [3.8, 4) is 6.07 Å². The van der Waals surface area contributed by atoms with Crippen molar-refractivity contribution in [3.63, 3.8) is 0 Å². The van der Waals surface area contributed by atoms with Gasteiger partial charge in [-0.05, 0) is 37.0 Å². The topological polar surface area (TPSA) is 35.8 Å². The van der Waals surface area contributed by atoms with Crippen LogP contribution >= 0.6 is 11.6 Å². The minimum atomic E-state index is 0.505. The van der Waals surface area contributed by atoms with Gasteiger partial charge in [-0.15, -0.1) is 0 Å². The third kappa shape index (κ3) is 2.24. The van der Waals surface area contributed by atoms with E-state index < -0.39 is 0 Å². The Morgan fingerprint density at radius 1 is 1.47 bits per heavy atom. The molecule has 1 aliphatic rings. The van der Waals surface area contributed by atoms with Crippen LogP contribution in [0.15, 0.2) is 18.2 Å². The standard InChI is InChI=1S/C12H13ClN2/c1-8-4-11(5-8)15-12-6-10(13)3-2-9(12)7-14/h2-3,6,8,11,15H,4-5H2,1H3. The van der Waals surface area contributed by atoms with E-state index in [4.69, 9.17) is 16.9 Å². The fourth-order valence-corrected chi connectivity index (χ4v) is 2.15. The lowest BCUT2D eigenvalue weighted by Gasteiger charge is -2.34. The van der Waals surface area contributed by atoms with Crippen molar-refractivity contribution in [2.75, 3.05) is 5.32 Å². The van der Waals surface area contributed by atoms with Crippen molar-refractivity contribution in [1.29, 1.82) is 5.26 Å². The molecular weight excluding hydrogens is 208 g/mol. The summed E-state index contributed by atoms with van der Waals surface area (Å²) in [6, 6.07) is 8.00. The Bertz CT molecular complexity index is 403. The van der Waals surface area contributed by atoms with Crippen LogP contribution in [0.1, 0.15) is 25.3 Å². The van der Waals surface area contributed by atoms with Crippen LogP contribution in [0.4, 0.5) is 5.69 Å². The van der Waals surface area contributed by atoms with E-state index in [-0.39, 0.29) is 0 Å². The van der Waals surface area contributed by atoms with Gasteiger partial charge in [0.25, 0.3) is 0 Å². The first-order valence-electron chi connectivity index (χ1n) is 5.15. The predicted molar refractivity (Wildman–Crippen MR) is 62.0 cm³/mol. The summed E-state index contributed by atoms with van der Waals surface area (Å²) in [5.41, 5.74) is 1.53. The second kappa shape index (κ2) is 4.12. The molecule has 0 amide bonds. The Balaban J connectivity index is 2.13. The van der Waals surface area contributed by atoms with Crippen LogP contribution in [0, 0.1) is 17.2 Å². The minimum absolute atomic E-state index is 0.505. The number of anilines is 1. The number of hydrogen-bond acceptors (Lipinski definition) is 2. The molecule has 1 fully saturated rings.